The molecule has 0 saturated heterocycles. The Kier molecular flexibility index (Phi) is 1.67. The van der Waals surface area contributed by atoms with Crippen LogP contribution in [0, 0.1) is 0 Å². The van der Waals surface area contributed by atoms with Crippen molar-refractivity contribution in [3.8, 4) is 0 Å². The molecule has 0 aromatic heterocycles. The van der Waals surface area contributed by atoms with Crippen LogP contribution in [0.2, 0.25) is 5.02 Å². The lowest BCUT2D eigenvalue weighted by Gasteiger charge is -2.00. The third-order valence-corrected chi connectivity index (χ3v) is 2.72. The van der Waals surface area contributed by atoms with Gasteiger partial charge in [0.15, 0.2) is 0 Å². The SMILES string of the molecule is C=Cc1cc2c(c(Cl)c1C=C)C2=C. The molecule has 1 aliphatic rings. The van der Waals surface area contributed by atoms with E-state index in [4.69, 9.17) is 11.6 Å². The van der Waals surface area contributed by atoms with Crippen molar-refractivity contribution in [1.82, 2.24) is 0 Å². The maximum atomic E-state index is 6.14. The minimum absolute atomic E-state index is 0.757. The van der Waals surface area contributed by atoms with Gasteiger partial charge in [0.05, 0.1) is 5.02 Å². The summed E-state index contributed by atoms with van der Waals surface area (Å²) in [5.41, 5.74) is 5.26. The Morgan fingerprint density at radius 1 is 1.23 bits per heavy atom. The van der Waals surface area contributed by atoms with Crippen molar-refractivity contribution in [2.75, 3.05) is 0 Å². The summed E-state index contributed by atoms with van der Waals surface area (Å²) >= 11 is 6.14. The summed E-state index contributed by atoms with van der Waals surface area (Å²) in [6, 6.07) is 2.05. The highest BCUT2D eigenvalue weighted by atomic mass is 35.5. The molecule has 0 aliphatic heterocycles. The van der Waals surface area contributed by atoms with Crippen LogP contribution in [-0.4, -0.2) is 0 Å². The number of benzene rings is 1. The van der Waals surface area contributed by atoms with Gasteiger partial charge in [-0.25, -0.2) is 0 Å². The summed E-state index contributed by atoms with van der Waals surface area (Å²) in [6.45, 7) is 11.4. The fraction of sp³-hybridized carbons (Fsp3) is 0. The van der Waals surface area contributed by atoms with E-state index in [1.165, 1.54) is 0 Å². The summed E-state index contributed by atoms with van der Waals surface area (Å²) < 4.78 is 0. The molecule has 0 amide bonds. The largest absolute Gasteiger partial charge is 0.0984 e. The van der Waals surface area contributed by atoms with E-state index >= 15 is 0 Å². The van der Waals surface area contributed by atoms with Crippen LogP contribution in [-0.2, 0) is 0 Å². The molecule has 0 saturated carbocycles. The minimum Gasteiger partial charge on any atom is -0.0984 e. The lowest BCUT2D eigenvalue weighted by molar-refractivity contribution is 1.65. The fourth-order valence-electron chi connectivity index (χ4n) is 1.52. The Hall–Kier alpha value is -1.27. The minimum atomic E-state index is 0.757. The zero-order valence-electron chi connectivity index (χ0n) is 7.23. The first-order valence-corrected chi connectivity index (χ1v) is 4.39. The summed E-state index contributed by atoms with van der Waals surface area (Å²) in [7, 11) is 0. The van der Waals surface area contributed by atoms with Crippen molar-refractivity contribution in [2.45, 2.75) is 0 Å². The highest BCUT2D eigenvalue weighted by Gasteiger charge is 2.28. The third kappa shape index (κ3) is 0.991. The third-order valence-electron chi connectivity index (χ3n) is 2.32. The molecule has 0 spiro atoms. The van der Waals surface area contributed by atoms with Crippen LogP contribution in [0.5, 0.6) is 0 Å². The molecule has 0 atom stereocenters. The number of hydrogen-bond donors (Lipinski definition) is 0. The highest BCUT2D eigenvalue weighted by Crippen LogP contribution is 2.48. The number of halogens is 1. The van der Waals surface area contributed by atoms with Crippen LogP contribution in [0.15, 0.2) is 25.8 Å². The van der Waals surface area contributed by atoms with E-state index in [0.29, 0.717) is 0 Å². The number of rotatable bonds is 2. The van der Waals surface area contributed by atoms with E-state index in [9.17, 15) is 0 Å². The van der Waals surface area contributed by atoms with Crippen LogP contribution >= 0.6 is 11.6 Å². The van der Waals surface area contributed by atoms with Crippen LogP contribution in [0.4, 0.5) is 0 Å². The van der Waals surface area contributed by atoms with Gasteiger partial charge in [0.2, 0.25) is 0 Å². The van der Waals surface area contributed by atoms with E-state index in [-0.39, 0.29) is 0 Å². The van der Waals surface area contributed by atoms with E-state index in [0.717, 1.165) is 32.8 Å². The van der Waals surface area contributed by atoms with Gasteiger partial charge in [0.1, 0.15) is 0 Å². The van der Waals surface area contributed by atoms with Gasteiger partial charge < -0.3 is 0 Å². The monoisotopic (exact) mass is 188 g/mol. The van der Waals surface area contributed by atoms with E-state index in [1.54, 1.807) is 12.2 Å². The molecular formula is C12H9Cl. The molecule has 1 aromatic rings. The van der Waals surface area contributed by atoms with E-state index < -0.39 is 0 Å². The molecule has 0 unspecified atom stereocenters. The first-order valence-electron chi connectivity index (χ1n) is 4.01. The first-order chi connectivity index (χ1) is 6.20. The second-order valence-corrected chi connectivity index (χ2v) is 3.38. The van der Waals surface area contributed by atoms with Crippen molar-refractivity contribution in [3.63, 3.8) is 0 Å². The van der Waals surface area contributed by atoms with E-state index in [1.807, 2.05) is 6.07 Å². The molecule has 0 nitrogen and oxygen atoms in total. The van der Waals surface area contributed by atoms with Gasteiger partial charge in [-0.15, -0.1) is 0 Å². The highest BCUT2D eigenvalue weighted by molar-refractivity contribution is 6.36. The van der Waals surface area contributed by atoms with Crippen LogP contribution in [0.3, 0.4) is 0 Å². The summed E-state index contributed by atoms with van der Waals surface area (Å²) in [5, 5.41) is 0.757. The zero-order valence-corrected chi connectivity index (χ0v) is 7.99. The normalized spacial score (nSPS) is 12.2. The van der Waals surface area contributed by atoms with Gasteiger partial charge in [-0.1, -0.05) is 43.5 Å². The Bertz CT molecular complexity index is 439. The van der Waals surface area contributed by atoms with E-state index in [2.05, 4.69) is 19.7 Å². The van der Waals surface area contributed by atoms with Crippen molar-refractivity contribution in [3.05, 3.63) is 53.1 Å². The molecule has 0 fully saturated rings. The zero-order chi connectivity index (χ0) is 9.59. The molecule has 0 N–H and O–H groups in total. The maximum Gasteiger partial charge on any atom is 0.0568 e. The van der Waals surface area contributed by atoms with Crippen LogP contribution in [0.1, 0.15) is 22.3 Å². The summed E-state index contributed by atoms with van der Waals surface area (Å²) in [6.07, 6.45) is 3.54. The molecule has 0 bridgehead atoms. The molecule has 1 aliphatic carbocycles. The maximum absolute atomic E-state index is 6.14. The average molecular weight is 189 g/mol. The Morgan fingerprint density at radius 2 is 1.92 bits per heavy atom. The number of hydrogen-bond acceptors (Lipinski definition) is 0. The van der Waals surface area contributed by atoms with Gasteiger partial charge in [0, 0.05) is 11.1 Å². The second kappa shape index (κ2) is 2.61. The Labute approximate surface area is 82.8 Å². The van der Waals surface area contributed by atoms with Crippen molar-refractivity contribution >= 4 is 29.3 Å². The van der Waals surface area contributed by atoms with Gasteiger partial charge in [-0.05, 0) is 22.8 Å². The lowest BCUT2D eigenvalue weighted by Crippen LogP contribution is -1.80. The summed E-state index contributed by atoms with van der Waals surface area (Å²) in [5.74, 6) is 0. The van der Waals surface area contributed by atoms with Crippen molar-refractivity contribution in [2.24, 2.45) is 0 Å². The Morgan fingerprint density at radius 3 is 2.46 bits per heavy atom. The molecule has 1 aromatic carbocycles. The molecule has 0 heterocycles. The lowest BCUT2D eigenvalue weighted by atomic mass is 10.1. The smallest absolute Gasteiger partial charge is 0.0568 e. The summed E-state index contributed by atoms with van der Waals surface area (Å²) in [4.78, 5) is 0. The number of fused-ring (bicyclic) bond motifs is 1. The van der Waals surface area contributed by atoms with Crippen molar-refractivity contribution < 1.29 is 0 Å². The van der Waals surface area contributed by atoms with Crippen LogP contribution in [0.25, 0.3) is 17.7 Å². The fourth-order valence-corrected chi connectivity index (χ4v) is 1.93. The molecule has 2 rings (SSSR count). The molecule has 1 heteroatoms. The molecular weight excluding hydrogens is 180 g/mol. The van der Waals surface area contributed by atoms with Gasteiger partial charge in [0.25, 0.3) is 0 Å². The van der Waals surface area contributed by atoms with Gasteiger partial charge >= 0.3 is 0 Å². The quantitative estimate of drug-likeness (QED) is 0.668. The second-order valence-electron chi connectivity index (χ2n) is 3.00. The van der Waals surface area contributed by atoms with Crippen molar-refractivity contribution in [1.29, 1.82) is 0 Å². The predicted octanol–water partition coefficient (Wildman–Crippen LogP) is 4.00. The Balaban J connectivity index is 2.77. The molecule has 0 radical (unpaired) electrons. The topological polar surface area (TPSA) is 0 Å². The predicted molar refractivity (Wildman–Crippen MR) is 59.8 cm³/mol. The average Bonchev–Trinajstić information content (AvgIpc) is 2.77. The standard InChI is InChI=1S/C12H9Cl/c1-4-8-6-10-7(3)11(10)12(13)9(8)5-2/h4-6H,1-3H2. The van der Waals surface area contributed by atoms with Gasteiger partial charge in [-0.2, -0.15) is 0 Å². The molecule has 13 heavy (non-hydrogen) atoms. The first kappa shape index (κ1) is 8.33. The van der Waals surface area contributed by atoms with Gasteiger partial charge in [-0.3, -0.25) is 0 Å². The van der Waals surface area contributed by atoms with Crippen LogP contribution < -0.4 is 0 Å². The molecule has 64 valence electrons.